The average Bonchev–Trinajstić information content (AvgIpc) is 2.84. The molecule has 0 aliphatic heterocycles. The monoisotopic (exact) mass is 244 g/mol. The molecule has 0 fully saturated rings. The summed E-state index contributed by atoms with van der Waals surface area (Å²) < 4.78 is 3.69. The number of hydrogen-bond acceptors (Lipinski definition) is 4. The number of nitrogens with zero attached hydrogens (tertiary/aromatic N) is 5. The maximum absolute atomic E-state index is 9.08. The highest BCUT2D eigenvalue weighted by atomic mass is 15.3. The zero-order valence-corrected chi connectivity index (χ0v) is 10.8. The van der Waals surface area contributed by atoms with Gasteiger partial charge in [0.2, 0.25) is 0 Å². The summed E-state index contributed by atoms with van der Waals surface area (Å²) in [5.41, 5.74) is 1.36. The summed E-state index contributed by atoms with van der Waals surface area (Å²) in [7, 11) is 3.80. The van der Waals surface area contributed by atoms with E-state index in [0.29, 0.717) is 5.56 Å². The summed E-state index contributed by atoms with van der Waals surface area (Å²) in [5.74, 6) is 1.78. The fourth-order valence-electron chi connectivity index (χ4n) is 1.92. The maximum Gasteiger partial charge on any atom is 0.142 e. The number of rotatable bonds is 4. The maximum atomic E-state index is 9.08. The molecule has 2 aromatic rings. The minimum absolute atomic E-state index is 0.609. The molecule has 0 radical (unpaired) electrons. The molecule has 0 bridgehead atoms. The molecule has 1 N–H and O–H groups in total. The zero-order chi connectivity index (χ0) is 13.1. The Kier molecular flexibility index (Phi) is 3.33. The second-order valence-corrected chi connectivity index (χ2v) is 4.18. The lowest BCUT2D eigenvalue weighted by Gasteiger charge is -2.07. The molecule has 0 aliphatic rings. The quantitative estimate of drug-likeness (QED) is 0.870. The summed E-state index contributed by atoms with van der Waals surface area (Å²) in [6.45, 7) is 2.56. The van der Waals surface area contributed by atoms with E-state index in [1.807, 2.05) is 31.8 Å². The molecular weight excluding hydrogens is 228 g/mol. The third-order valence-corrected chi connectivity index (χ3v) is 2.90. The molecule has 2 rings (SSSR count). The number of imidazole rings is 1. The van der Waals surface area contributed by atoms with E-state index in [1.165, 1.54) is 0 Å². The number of nitriles is 1. The largest absolute Gasteiger partial charge is 0.369 e. The summed E-state index contributed by atoms with van der Waals surface area (Å²) >= 11 is 0. The number of aryl methyl sites for hydroxylation is 3. The predicted octanol–water partition coefficient (Wildman–Crippen LogP) is 0.988. The van der Waals surface area contributed by atoms with E-state index in [1.54, 1.807) is 10.9 Å². The van der Waals surface area contributed by atoms with Gasteiger partial charge in [-0.25, -0.2) is 4.98 Å². The molecule has 6 nitrogen and oxygen atoms in total. The van der Waals surface area contributed by atoms with Crippen LogP contribution in [0.1, 0.15) is 17.1 Å². The first kappa shape index (κ1) is 12.2. The van der Waals surface area contributed by atoms with Crippen LogP contribution in [0, 0.1) is 18.3 Å². The standard InChI is InChI=1S/C12H16N6/c1-9-10(8-13)12(18(3)16-9)15-5-4-11-14-6-7-17(11)2/h6-7,15H,4-5H2,1-3H3. The Labute approximate surface area is 106 Å². The van der Waals surface area contributed by atoms with E-state index < -0.39 is 0 Å². The van der Waals surface area contributed by atoms with E-state index in [4.69, 9.17) is 5.26 Å². The van der Waals surface area contributed by atoms with Crippen LogP contribution in [0.3, 0.4) is 0 Å². The Balaban J connectivity index is 2.03. The Hall–Kier alpha value is -2.29. The predicted molar refractivity (Wildman–Crippen MR) is 68.1 cm³/mol. The van der Waals surface area contributed by atoms with Gasteiger partial charge in [0.1, 0.15) is 23.3 Å². The summed E-state index contributed by atoms with van der Waals surface area (Å²) in [5, 5.41) is 16.5. The molecule has 0 amide bonds. The van der Waals surface area contributed by atoms with E-state index in [9.17, 15) is 0 Å². The lowest BCUT2D eigenvalue weighted by molar-refractivity contribution is 0.747. The second-order valence-electron chi connectivity index (χ2n) is 4.18. The smallest absolute Gasteiger partial charge is 0.142 e. The van der Waals surface area contributed by atoms with E-state index in [-0.39, 0.29) is 0 Å². The van der Waals surface area contributed by atoms with Gasteiger partial charge in [0.25, 0.3) is 0 Å². The van der Waals surface area contributed by atoms with Crippen molar-refractivity contribution in [3.05, 3.63) is 29.5 Å². The molecule has 0 spiro atoms. The number of anilines is 1. The molecular formula is C12H16N6. The van der Waals surface area contributed by atoms with Crippen LogP contribution < -0.4 is 5.32 Å². The van der Waals surface area contributed by atoms with Crippen LogP contribution in [0.5, 0.6) is 0 Å². The van der Waals surface area contributed by atoms with E-state index >= 15 is 0 Å². The van der Waals surface area contributed by atoms with Crippen LogP contribution in [-0.4, -0.2) is 25.9 Å². The molecule has 2 heterocycles. The van der Waals surface area contributed by atoms with Gasteiger partial charge >= 0.3 is 0 Å². The van der Waals surface area contributed by atoms with Crippen LogP contribution in [0.4, 0.5) is 5.82 Å². The normalized spacial score (nSPS) is 10.3. The number of hydrogen-bond donors (Lipinski definition) is 1. The van der Waals surface area contributed by atoms with Crippen LogP contribution in [0.15, 0.2) is 12.4 Å². The molecule has 0 atom stereocenters. The molecule has 0 unspecified atom stereocenters. The molecule has 0 saturated carbocycles. The Morgan fingerprint density at radius 3 is 2.83 bits per heavy atom. The summed E-state index contributed by atoms with van der Waals surface area (Å²) in [6.07, 6.45) is 4.51. The fourth-order valence-corrected chi connectivity index (χ4v) is 1.92. The lowest BCUT2D eigenvalue weighted by Crippen LogP contribution is -2.11. The van der Waals surface area contributed by atoms with Crippen molar-refractivity contribution in [3.8, 4) is 6.07 Å². The minimum atomic E-state index is 0.609. The SMILES string of the molecule is Cc1nn(C)c(NCCc2nccn2C)c1C#N. The molecule has 2 aromatic heterocycles. The Morgan fingerprint density at radius 2 is 2.22 bits per heavy atom. The van der Waals surface area contributed by atoms with Crippen molar-refractivity contribution in [2.45, 2.75) is 13.3 Å². The van der Waals surface area contributed by atoms with Crippen LogP contribution in [0.2, 0.25) is 0 Å². The van der Waals surface area contributed by atoms with Gasteiger partial charge in [-0.15, -0.1) is 0 Å². The molecule has 0 aromatic carbocycles. The molecule has 94 valence electrons. The van der Waals surface area contributed by atoms with Crippen molar-refractivity contribution in [1.82, 2.24) is 19.3 Å². The summed E-state index contributed by atoms with van der Waals surface area (Å²) in [6, 6.07) is 2.17. The van der Waals surface area contributed by atoms with Gasteiger partial charge in [-0.3, -0.25) is 4.68 Å². The molecule has 6 heteroatoms. The third kappa shape index (κ3) is 2.20. The molecule has 0 saturated heterocycles. The van der Waals surface area contributed by atoms with Crippen LogP contribution in [-0.2, 0) is 20.5 Å². The van der Waals surface area contributed by atoms with E-state index in [2.05, 4.69) is 21.5 Å². The van der Waals surface area contributed by atoms with Gasteiger partial charge in [-0.05, 0) is 6.92 Å². The number of aromatic nitrogens is 4. The highest BCUT2D eigenvalue weighted by Gasteiger charge is 2.12. The van der Waals surface area contributed by atoms with Gasteiger partial charge in [-0.2, -0.15) is 10.4 Å². The topological polar surface area (TPSA) is 71.5 Å². The first-order valence-corrected chi connectivity index (χ1v) is 5.77. The Bertz CT molecular complexity index is 586. The van der Waals surface area contributed by atoms with Gasteiger partial charge in [0, 0.05) is 39.5 Å². The first-order valence-electron chi connectivity index (χ1n) is 5.77. The van der Waals surface area contributed by atoms with Crippen molar-refractivity contribution in [1.29, 1.82) is 5.26 Å². The summed E-state index contributed by atoms with van der Waals surface area (Å²) in [4.78, 5) is 4.25. The molecule has 18 heavy (non-hydrogen) atoms. The third-order valence-electron chi connectivity index (χ3n) is 2.90. The van der Waals surface area contributed by atoms with Crippen molar-refractivity contribution in [2.75, 3.05) is 11.9 Å². The second kappa shape index (κ2) is 4.92. The highest BCUT2D eigenvalue weighted by molar-refractivity contribution is 5.54. The van der Waals surface area contributed by atoms with Gasteiger partial charge < -0.3 is 9.88 Å². The van der Waals surface area contributed by atoms with Gasteiger partial charge in [0.05, 0.1) is 5.69 Å². The van der Waals surface area contributed by atoms with Crippen molar-refractivity contribution < 1.29 is 0 Å². The average molecular weight is 244 g/mol. The van der Waals surface area contributed by atoms with Gasteiger partial charge in [0.15, 0.2) is 0 Å². The van der Waals surface area contributed by atoms with Crippen LogP contribution >= 0.6 is 0 Å². The van der Waals surface area contributed by atoms with Crippen molar-refractivity contribution in [3.63, 3.8) is 0 Å². The van der Waals surface area contributed by atoms with Gasteiger partial charge in [-0.1, -0.05) is 0 Å². The minimum Gasteiger partial charge on any atom is -0.369 e. The fraction of sp³-hybridized carbons (Fsp3) is 0.417. The number of nitrogens with one attached hydrogen (secondary N) is 1. The first-order chi connectivity index (χ1) is 8.63. The highest BCUT2D eigenvalue weighted by Crippen LogP contribution is 2.16. The van der Waals surface area contributed by atoms with Crippen LogP contribution in [0.25, 0.3) is 0 Å². The lowest BCUT2D eigenvalue weighted by atomic mass is 10.2. The Morgan fingerprint density at radius 1 is 1.44 bits per heavy atom. The van der Waals surface area contributed by atoms with Crippen molar-refractivity contribution >= 4 is 5.82 Å². The van der Waals surface area contributed by atoms with E-state index in [0.717, 1.165) is 30.3 Å². The van der Waals surface area contributed by atoms with Crippen molar-refractivity contribution in [2.24, 2.45) is 14.1 Å². The zero-order valence-electron chi connectivity index (χ0n) is 10.8. The molecule has 0 aliphatic carbocycles.